The fourth-order valence-corrected chi connectivity index (χ4v) is 7.05. The van der Waals surface area contributed by atoms with Crippen LogP contribution in [-0.4, -0.2) is 60.6 Å². The van der Waals surface area contributed by atoms with Gasteiger partial charge in [0.25, 0.3) is 5.56 Å². The molecule has 4 rings (SSSR count). The number of sulfonamides is 1. The second-order valence-corrected chi connectivity index (χ2v) is 11.3. The van der Waals surface area contributed by atoms with E-state index in [1.54, 1.807) is 10.5 Å². The first-order chi connectivity index (χ1) is 14.5. The van der Waals surface area contributed by atoms with E-state index in [2.05, 4.69) is 10.4 Å². The molecule has 2 aliphatic heterocycles. The van der Waals surface area contributed by atoms with E-state index < -0.39 is 10.0 Å². The molecule has 30 heavy (non-hydrogen) atoms. The van der Waals surface area contributed by atoms with E-state index in [0.29, 0.717) is 56.9 Å². The third-order valence-electron chi connectivity index (χ3n) is 6.62. The predicted molar refractivity (Wildman–Crippen MR) is 117 cm³/mol. The molecule has 10 heteroatoms. The first kappa shape index (κ1) is 22.0. The summed E-state index contributed by atoms with van der Waals surface area (Å²) in [6, 6.07) is -0.110. The Kier molecular flexibility index (Phi) is 7.01. The smallest absolute Gasteiger partial charge is 0.287 e. The van der Waals surface area contributed by atoms with E-state index in [1.165, 1.54) is 4.68 Å². The standard InChI is InChI=1S/C20H31ClN4O4S/c21-19-18(22-12-15-4-3-11-29-14-15)13-23-25(20(19)26)16-5-7-17(8-6-16)30(27,28)24-9-1-2-10-24/h13,15-17,22H,1-12,14H2. The van der Waals surface area contributed by atoms with Crippen LogP contribution in [0, 0.1) is 5.92 Å². The predicted octanol–water partition coefficient (Wildman–Crippen LogP) is 2.64. The Morgan fingerprint density at radius 3 is 2.53 bits per heavy atom. The van der Waals surface area contributed by atoms with Crippen molar-refractivity contribution in [2.24, 2.45) is 5.92 Å². The molecule has 0 radical (unpaired) electrons. The lowest BCUT2D eigenvalue weighted by molar-refractivity contribution is 0.0595. The van der Waals surface area contributed by atoms with E-state index in [0.717, 1.165) is 38.9 Å². The fraction of sp³-hybridized carbons (Fsp3) is 0.800. The molecule has 0 amide bonds. The van der Waals surface area contributed by atoms with Gasteiger partial charge in [-0.2, -0.15) is 5.10 Å². The van der Waals surface area contributed by atoms with Gasteiger partial charge in [0, 0.05) is 26.2 Å². The molecule has 1 unspecified atom stereocenters. The van der Waals surface area contributed by atoms with E-state index in [9.17, 15) is 13.2 Å². The second-order valence-electron chi connectivity index (χ2n) is 8.67. The van der Waals surface area contributed by atoms with E-state index in [1.807, 2.05) is 0 Å². The summed E-state index contributed by atoms with van der Waals surface area (Å²) in [7, 11) is -3.23. The Hall–Kier alpha value is -1.16. The van der Waals surface area contributed by atoms with Crippen LogP contribution in [0.2, 0.25) is 5.02 Å². The molecule has 8 nitrogen and oxygen atoms in total. The van der Waals surface area contributed by atoms with Gasteiger partial charge in [-0.05, 0) is 57.3 Å². The highest BCUT2D eigenvalue weighted by atomic mass is 35.5. The molecule has 1 saturated carbocycles. The molecule has 0 spiro atoms. The molecule has 1 aliphatic carbocycles. The largest absolute Gasteiger partial charge is 0.382 e. The number of hydrogen-bond donors (Lipinski definition) is 1. The molecule has 2 saturated heterocycles. The second kappa shape index (κ2) is 9.54. The van der Waals surface area contributed by atoms with E-state index in [4.69, 9.17) is 16.3 Å². The number of nitrogens with zero attached hydrogens (tertiary/aromatic N) is 3. The summed E-state index contributed by atoms with van der Waals surface area (Å²) in [5, 5.41) is 7.39. The molecule has 1 N–H and O–H groups in total. The Morgan fingerprint density at radius 2 is 1.87 bits per heavy atom. The summed E-state index contributed by atoms with van der Waals surface area (Å²) in [5.74, 6) is 0.407. The van der Waals surface area contributed by atoms with Crippen LogP contribution in [0.4, 0.5) is 5.69 Å². The number of ether oxygens (including phenoxy) is 1. The number of aromatic nitrogens is 2. The molecule has 3 heterocycles. The van der Waals surface area contributed by atoms with Crippen LogP contribution >= 0.6 is 11.6 Å². The van der Waals surface area contributed by atoms with Crippen LogP contribution in [0.3, 0.4) is 0 Å². The number of nitrogens with one attached hydrogen (secondary N) is 1. The maximum Gasteiger partial charge on any atom is 0.287 e. The normalized spacial score (nSPS) is 28.5. The van der Waals surface area contributed by atoms with Crippen LogP contribution in [0.25, 0.3) is 0 Å². The summed E-state index contributed by atoms with van der Waals surface area (Å²) in [6.45, 7) is 3.51. The van der Waals surface area contributed by atoms with Crippen LogP contribution in [0.15, 0.2) is 11.0 Å². The van der Waals surface area contributed by atoms with Gasteiger partial charge >= 0.3 is 0 Å². The van der Waals surface area contributed by atoms with Gasteiger partial charge in [0.2, 0.25) is 10.0 Å². The topological polar surface area (TPSA) is 93.5 Å². The fourth-order valence-electron chi connectivity index (χ4n) is 4.79. The highest BCUT2D eigenvalue weighted by Gasteiger charge is 2.37. The zero-order valence-corrected chi connectivity index (χ0v) is 18.8. The Balaban J connectivity index is 1.37. The molecule has 3 aliphatic rings. The Labute approximate surface area is 183 Å². The number of hydrogen-bond acceptors (Lipinski definition) is 6. The zero-order chi connectivity index (χ0) is 21.1. The lowest BCUT2D eigenvalue weighted by Crippen LogP contribution is -2.40. The van der Waals surface area contributed by atoms with Crippen molar-refractivity contribution in [3.8, 4) is 0 Å². The van der Waals surface area contributed by atoms with Gasteiger partial charge in [0.15, 0.2) is 0 Å². The van der Waals surface area contributed by atoms with Gasteiger partial charge in [-0.25, -0.2) is 17.4 Å². The summed E-state index contributed by atoms with van der Waals surface area (Å²) in [5.41, 5.74) is 0.237. The SMILES string of the molecule is O=c1c(Cl)c(NCC2CCCOC2)cnn1C1CCC(S(=O)(=O)N2CCCC2)CC1. The van der Waals surface area contributed by atoms with Crippen molar-refractivity contribution in [3.05, 3.63) is 21.6 Å². The van der Waals surface area contributed by atoms with Crippen molar-refractivity contribution in [3.63, 3.8) is 0 Å². The molecular weight excluding hydrogens is 428 g/mol. The highest BCUT2D eigenvalue weighted by Crippen LogP contribution is 2.33. The van der Waals surface area contributed by atoms with E-state index >= 15 is 0 Å². The van der Waals surface area contributed by atoms with Crippen molar-refractivity contribution in [2.75, 3.05) is 38.2 Å². The van der Waals surface area contributed by atoms with E-state index in [-0.39, 0.29) is 21.9 Å². The minimum absolute atomic E-state index is 0.110. The van der Waals surface area contributed by atoms with Crippen molar-refractivity contribution in [2.45, 2.75) is 62.7 Å². The molecule has 3 fully saturated rings. The average Bonchev–Trinajstić information content (AvgIpc) is 3.32. The number of anilines is 1. The molecule has 168 valence electrons. The quantitative estimate of drug-likeness (QED) is 0.704. The first-order valence-corrected chi connectivity index (χ1v) is 12.9. The summed E-state index contributed by atoms with van der Waals surface area (Å²) in [4.78, 5) is 12.8. The van der Waals surface area contributed by atoms with Gasteiger partial charge in [-0.3, -0.25) is 4.79 Å². The minimum atomic E-state index is -3.23. The van der Waals surface area contributed by atoms with Gasteiger partial charge in [0.05, 0.1) is 29.8 Å². The summed E-state index contributed by atoms with van der Waals surface area (Å²) >= 11 is 6.35. The molecule has 1 aromatic rings. The van der Waals surface area contributed by atoms with Crippen LogP contribution in [0.1, 0.15) is 57.4 Å². The molecule has 1 aromatic heterocycles. The van der Waals surface area contributed by atoms with Crippen molar-refractivity contribution in [1.29, 1.82) is 0 Å². The lowest BCUT2D eigenvalue weighted by atomic mass is 9.95. The first-order valence-electron chi connectivity index (χ1n) is 11.0. The van der Waals surface area contributed by atoms with Gasteiger partial charge < -0.3 is 10.1 Å². The van der Waals surface area contributed by atoms with Crippen LogP contribution < -0.4 is 10.9 Å². The Bertz CT molecular complexity index is 887. The third-order valence-corrected chi connectivity index (χ3v) is 9.38. The van der Waals surface area contributed by atoms with Crippen LogP contribution in [-0.2, 0) is 14.8 Å². The highest BCUT2D eigenvalue weighted by molar-refractivity contribution is 7.89. The summed E-state index contributed by atoms with van der Waals surface area (Å²) < 4.78 is 34.2. The van der Waals surface area contributed by atoms with Gasteiger partial charge in [0.1, 0.15) is 5.02 Å². The number of rotatable bonds is 6. The third kappa shape index (κ3) is 4.69. The molecule has 0 aromatic carbocycles. The minimum Gasteiger partial charge on any atom is -0.382 e. The summed E-state index contributed by atoms with van der Waals surface area (Å²) in [6.07, 6.45) is 7.99. The van der Waals surface area contributed by atoms with Crippen LogP contribution in [0.5, 0.6) is 0 Å². The van der Waals surface area contributed by atoms with Crippen molar-refractivity contribution >= 4 is 27.3 Å². The Morgan fingerprint density at radius 1 is 1.13 bits per heavy atom. The van der Waals surface area contributed by atoms with Gasteiger partial charge in [-0.15, -0.1) is 0 Å². The number of halogens is 1. The molecule has 1 atom stereocenters. The monoisotopic (exact) mass is 458 g/mol. The molecular formula is C20H31ClN4O4S. The maximum atomic E-state index is 12.8. The zero-order valence-electron chi connectivity index (χ0n) is 17.3. The molecule has 0 bridgehead atoms. The maximum absolute atomic E-state index is 12.8. The van der Waals surface area contributed by atoms with Gasteiger partial charge in [-0.1, -0.05) is 11.6 Å². The average molecular weight is 459 g/mol. The van der Waals surface area contributed by atoms with Crippen molar-refractivity contribution < 1.29 is 13.2 Å². The lowest BCUT2D eigenvalue weighted by Gasteiger charge is -2.31. The van der Waals surface area contributed by atoms with Crippen molar-refractivity contribution in [1.82, 2.24) is 14.1 Å².